The summed E-state index contributed by atoms with van der Waals surface area (Å²) < 4.78 is 43.7. The number of halogens is 4. The Balaban J connectivity index is 2.34. The molecule has 1 fully saturated rings. The van der Waals surface area contributed by atoms with Crippen molar-refractivity contribution in [3.8, 4) is 0 Å². The van der Waals surface area contributed by atoms with Gasteiger partial charge in [-0.25, -0.2) is 0 Å². The van der Waals surface area contributed by atoms with Crippen LogP contribution in [0.1, 0.15) is 30.1 Å². The van der Waals surface area contributed by atoms with Crippen molar-refractivity contribution >= 4 is 21.7 Å². The topological polar surface area (TPSA) is 26.3 Å². The first-order valence-corrected chi connectivity index (χ1v) is 6.17. The van der Waals surface area contributed by atoms with E-state index in [1.165, 1.54) is 6.07 Å². The quantitative estimate of drug-likeness (QED) is 0.784. The lowest BCUT2D eigenvalue weighted by Crippen LogP contribution is -2.20. The lowest BCUT2D eigenvalue weighted by atomic mass is 9.99. The van der Waals surface area contributed by atoms with E-state index < -0.39 is 17.8 Å². The van der Waals surface area contributed by atoms with Crippen molar-refractivity contribution in [2.45, 2.75) is 25.1 Å². The van der Waals surface area contributed by atoms with Crippen LogP contribution < -0.4 is 0 Å². The second kappa shape index (κ2) is 5.01. The molecule has 1 saturated heterocycles. The third-order valence-corrected chi connectivity index (χ3v) is 3.51. The van der Waals surface area contributed by atoms with Crippen molar-refractivity contribution in [2.75, 3.05) is 6.61 Å². The average Bonchev–Trinajstić information content (AvgIpc) is 2.28. The van der Waals surface area contributed by atoms with Crippen molar-refractivity contribution < 1.29 is 22.7 Å². The summed E-state index contributed by atoms with van der Waals surface area (Å²) >= 11 is 3.19. The minimum atomic E-state index is -4.39. The van der Waals surface area contributed by atoms with Crippen molar-refractivity contribution in [1.82, 2.24) is 0 Å². The lowest BCUT2D eigenvalue weighted by Gasteiger charge is -2.23. The van der Waals surface area contributed by atoms with Crippen LogP contribution in [0.2, 0.25) is 0 Å². The van der Waals surface area contributed by atoms with E-state index in [1.807, 2.05) is 0 Å². The molecule has 18 heavy (non-hydrogen) atoms. The van der Waals surface area contributed by atoms with E-state index in [9.17, 15) is 18.0 Å². The van der Waals surface area contributed by atoms with Gasteiger partial charge in [-0.3, -0.25) is 4.79 Å². The molecule has 2 rings (SSSR count). The number of hydrogen-bond donors (Lipinski definition) is 0. The van der Waals surface area contributed by atoms with Crippen molar-refractivity contribution in [1.29, 1.82) is 0 Å². The van der Waals surface area contributed by atoms with Gasteiger partial charge >= 0.3 is 6.18 Å². The highest BCUT2D eigenvalue weighted by molar-refractivity contribution is 9.10. The highest BCUT2D eigenvalue weighted by atomic mass is 79.9. The van der Waals surface area contributed by atoms with E-state index in [0.29, 0.717) is 16.5 Å². The van der Waals surface area contributed by atoms with Crippen LogP contribution in [0.5, 0.6) is 0 Å². The molecule has 1 atom stereocenters. The number of ether oxygens (including phenoxy) is 1. The lowest BCUT2D eigenvalue weighted by molar-refractivity contribution is -0.137. The number of ketones is 1. The van der Waals surface area contributed by atoms with E-state index in [4.69, 9.17) is 4.74 Å². The monoisotopic (exact) mass is 322 g/mol. The second-order valence-electron chi connectivity index (χ2n) is 4.09. The molecule has 2 nitrogen and oxygen atoms in total. The summed E-state index contributed by atoms with van der Waals surface area (Å²) in [6, 6.07) is 3.37. The zero-order chi connectivity index (χ0) is 13.3. The molecule has 0 bridgehead atoms. The fourth-order valence-electron chi connectivity index (χ4n) is 1.85. The molecule has 0 saturated carbocycles. The molecule has 1 aliphatic rings. The van der Waals surface area contributed by atoms with E-state index >= 15 is 0 Å². The molecule has 1 heterocycles. The fourth-order valence-corrected chi connectivity index (χ4v) is 2.35. The van der Waals surface area contributed by atoms with Gasteiger partial charge in [0.2, 0.25) is 0 Å². The van der Waals surface area contributed by atoms with Gasteiger partial charge in [0.25, 0.3) is 0 Å². The Hall–Kier alpha value is -0.880. The van der Waals surface area contributed by atoms with Gasteiger partial charge in [-0.05, 0) is 23.8 Å². The molecule has 0 spiro atoms. The van der Waals surface area contributed by atoms with Crippen LogP contribution in [-0.4, -0.2) is 12.4 Å². The summed E-state index contributed by atoms with van der Waals surface area (Å²) in [4.78, 5) is 11.3. The van der Waals surface area contributed by atoms with Crippen molar-refractivity contribution in [2.24, 2.45) is 0 Å². The number of carbonyl (C=O) groups excluding carboxylic acids is 1. The summed E-state index contributed by atoms with van der Waals surface area (Å²) in [5, 5.41) is 0. The maximum Gasteiger partial charge on any atom is 0.416 e. The van der Waals surface area contributed by atoms with Gasteiger partial charge in [0.05, 0.1) is 18.3 Å². The molecule has 0 radical (unpaired) electrons. The van der Waals surface area contributed by atoms with Crippen LogP contribution in [0, 0.1) is 0 Å². The van der Waals surface area contributed by atoms with Crippen LogP contribution in [-0.2, 0) is 15.7 Å². The summed E-state index contributed by atoms with van der Waals surface area (Å²) in [6.07, 6.45) is -4.54. The highest BCUT2D eigenvalue weighted by Gasteiger charge is 2.32. The zero-order valence-electron chi connectivity index (χ0n) is 9.26. The van der Waals surface area contributed by atoms with Gasteiger partial charge in [0.15, 0.2) is 0 Å². The first-order valence-electron chi connectivity index (χ1n) is 5.38. The predicted octanol–water partition coefficient (Wildman–Crippen LogP) is 3.89. The normalized spacial score (nSPS) is 21.1. The molecule has 0 amide bonds. The Labute approximate surface area is 110 Å². The van der Waals surface area contributed by atoms with Gasteiger partial charge in [0.1, 0.15) is 5.78 Å². The zero-order valence-corrected chi connectivity index (χ0v) is 10.8. The smallest absolute Gasteiger partial charge is 0.373 e. The van der Waals surface area contributed by atoms with E-state index in [1.54, 1.807) is 0 Å². The first kappa shape index (κ1) is 13.5. The number of Topliss-reactive ketones (excluding diaryl/α,β-unsaturated/α-hetero) is 1. The molecular formula is C12H10BrF3O2. The number of rotatable bonds is 1. The van der Waals surface area contributed by atoms with Crippen LogP contribution in [0.25, 0.3) is 0 Å². The van der Waals surface area contributed by atoms with E-state index in [-0.39, 0.29) is 18.8 Å². The molecule has 0 aromatic heterocycles. The van der Waals surface area contributed by atoms with Gasteiger partial charge in [0, 0.05) is 17.3 Å². The Kier molecular flexibility index (Phi) is 3.77. The molecule has 1 aromatic carbocycles. The summed E-state index contributed by atoms with van der Waals surface area (Å²) in [5.41, 5.74) is -0.361. The summed E-state index contributed by atoms with van der Waals surface area (Å²) in [6.45, 7) is 0.256. The van der Waals surface area contributed by atoms with E-state index in [2.05, 4.69) is 15.9 Å². The van der Waals surface area contributed by atoms with Crippen LogP contribution in [0.15, 0.2) is 22.7 Å². The SMILES string of the molecule is O=C1CCOC(c2cc(C(F)(F)F)ccc2Br)C1. The second-order valence-corrected chi connectivity index (χ2v) is 4.94. The maximum atomic E-state index is 12.6. The fraction of sp³-hybridized carbons (Fsp3) is 0.417. The summed E-state index contributed by atoms with van der Waals surface area (Å²) in [7, 11) is 0. The third-order valence-electron chi connectivity index (χ3n) is 2.78. The van der Waals surface area contributed by atoms with E-state index in [0.717, 1.165) is 12.1 Å². The van der Waals surface area contributed by atoms with Crippen molar-refractivity contribution in [3.05, 3.63) is 33.8 Å². The average molecular weight is 323 g/mol. The Morgan fingerprint density at radius 1 is 1.33 bits per heavy atom. The first-order chi connectivity index (χ1) is 8.38. The van der Waals surface area contributed by atoms with Crippen molar-refractivity contribution in [3.63, 3.8) is 0 Å². The molecule has 0 N–H and O–H groups in total. The van der Waals surface area contributed by atoms with Crippen LogP contribution in [0.3, 0.4) is 0 Å². The maximum absolute atomic E-state index is 12.6. The van der Waals surface area contributed by atoms with Gasteiger partial charge in [-0.15, -0.1) is 0 Å². The molecule has 98 valence electrons. The minimum Gasteiger partial charge on any atom is -0.373 e. The standard InChI is InChI=1S/C12H10BrF3O2/c13-10-2-1-7(12(14,15)16)5-9(10)11-6-8(17)3-4-18-11/h1-2,5,11H,3-4,6H2. The Morgan fingerprint density at radius 3 is 2.67 bits per heavy atom. The number of benzene rings is 1. The van der Waals surface area contributed by atoms with Gasteiger partial charge in [-0.1, -0.05) is 15.9 Å². The summed E-state index contributed by atoms with van der Waals surface area (Å²) in [5.74, 6) is 0.00978. The number of carbonyl (C=O) groups is 1. The third kappa shape index (κ3) is 2.92. The minimum absolute atomic E-state index is 0.00978. The van der Waals surface area contributed by atoms with Crippen LogP contribution >= 0.6 is 15.9 Å². The largest absolute Gasteiger partial charge is 0.416 e. The molecular weight excluding hydrogens is 313 g/mol. The Bertz CT molecular complexity index is 471. The predicted molar refractivity (Wildman–Crippen MR) is 62.1 cm³/mol. The Morgan fingerprint density at radius 2 is 2.06 bits per heavy atom. The highest BCUT2D eigenvalue weighted by Crippen LogP contribution is 2.36. The molecule has 0 aliphatic carbocycles. The number of alkyl halides is 3. The van der Waals surface area contributed by atoms with Gasteiger partial charge < -0.3 is 4.74 Å². The molecule has 6 heteroatoms. The van der Waals surface area contributed by atoms with Crippen LogP contribution in [0.4, 0.5) is 13.2 Å². The number of hydrogen-bond acceptors (Lipinski definition) is 2. The van der Waals surface area contributed by atoms with Gasteiger partial charge in [-0.2, -0.15) is 13.2 Å². The molecule has 1 aromatic rings. The molecule has 1 unspecified atom stereocenters. The molecule has 1 aliphatic heterocycles.